The van der Waals surface area contributed by atoms with Crippen LogP contribution in [-0.4, -0.2) is 17.5 Å². The van der Waals surface area contributed by atoms with E-state index in [-0.39, 0.29) is 5.91 Å². The number of carbonyl (C=O) groups excluding carboxylic acids is 1. The van der Waals surface area contributed by atoms with E-state index in [4.69, 9.17) is 10.5 Å². The fourth-order valence-electron chi connectivity index (χ4n) is 2.11. The molecule has 2 N–H and O–H groups in total. The summed E-state index contributed by atoms with van der Waals surface area (Å²) in [5.74, 6) is 0.551. The number of benzene rings is 1. The van der Waals surface area contributed by atoms with E-state index in [0.29, 0.717) is 19.4 Å². The Labute approximate surface area is 131 Å². The lowest BCUT2D eigenvalue weighted by atomic mass is 10.1. The van der Waals surface area contributed by atoms with Crippen molar-refractivity contribution < 1.29 is 9.53 Å². The number of aromatic nitrogens is 1. The van der Waals surface area contributed by atoms with Crippen molar-refractivity contribution in [1.82, 2.24) is 4.98 Å². The molecule has 116 valence electrons. The topological polar surface area (TPSA) is 65.2 Å². The number of hydrogen-bond donors (Lipinski definition) is 1. The molecule has 1 aromatic heterocycles. The lowest BCUT2D eigenvalue weighted by Gasteiger charge is -2.07. The highest BCUT2D eigenvalue weighted by atomic mass is 16.5. The van der Waals surface area contributed by atoms with Crippen molar-refractivity contribution in [1.29, 1.82) is 0 Å². The molecule has 0 unspecified atom stereocenters. The van der Waals surface area contributed by atoms with Crippen LogP contribution in [0.25, 0.3) is 0 Å². The predicted molar refractivity (Wildman–Crippen MR) is 86.8 cm³/mol. The highest BCUT2D eigenvalue weighted by Gasteiger charge is 2.00. The number of nitrogens with two attached hydrogens (primary N) is 1. The molecule has 0 aliphatic heterocycles. The molecule has 0 saturated carbocycles. The number of hydrogen-bond acceptors (Lipinski definition) is 3. The second kappa shape index (κ2) is 8.17. The summed E-state index contributed by atoms with van der Waals surface area (Å²) in [5.41, 5.74) is 8.51. The number of primary amides is 1. The fraction of sp³-hybridized carbons (Fsp3) is 0.333. The Morgan fingerprint density at radius 2 is 1.82 bits per heavy atom. The first-order valence-electron chi connectivity index (χ1n) is 7.61. The molecule has 22 heavy (non-hydrogen) atoms. The third-order valence-electron chi connectivity index (χ3n) is 3.50. The molecule has 2 rings (SSSR count). The van der Waals surface area contributed by atoms with Crippen LogP contribution < -0.4 is 10.5 Å². The molecule has 0 bridgehead atoms. The Hall–Kier alpha value is -2.36. The summed E-state index contributed by atoms with van der Waals surface area (Å²) in [6.45, 7) is 2.71. The molecule has 0 aliphatic rings. The molecule has 0 saturated heterocycles. The summed E-state index contributed by atoms with van der Waals surface area (Å²) in [5, 5.41) is 0. The normalized spacial score (nSPS) is 10.4. The van der Waals surface area contributed by atoms with E-state index in [1.807, 2.05) is 30.5 Å². The number of carbonyl (C=O) groups is 1. The molecule has 1 amide bonds. The minimum atomic E-state index is -0.276. The van der Waals surface area contributed by atoms with E-state index >= 15 is 0 Å². The van der Waals surface area contributed by atoms with Crippen LogP contribution in [-0.2, 0) is 24.1 Å². The SMILES string of the molecule is CCc1ccc(CCOc2ccc(CCC(N)=O)cc2)nc1. The van der Waals surface area contributed by atoms with Crippen LogP contribution in [0.1, 0.15) is 30.2 Å². The molecule has 2 aromatic rings. The van der Waals surface area contributed by atoms with Crippen molar-refractivity contribution in [3.05, 3.63) is 59.4 Å². The van der Waals surface area contributed by atoms with Gasteiger partial charge in [-0.05, 0) is 42.2 Å². The molecule has 1 heterocycles. The van der Waals surface area contributed by atoms with Crippen molar-refractivity contribution in [2.45, 2.75) is 32.6 Å². The van der Waals surface area contributed by atoms with Gasteiger partial charge in [0.25, 0.3) is 0 Å². The summed E-state index contributed by atoms with van der Waals surface area (Å²) in [7, 11) is 0. The van der Waals surface area contributed by atoms with Crippen molar-refractivity contribution in [3.8, 4) is 5.75 Å². The Kier molecular flexibility index (Phi) is 5.95. The third kappa shape index (κ3) is 5.20. The van der Waals surface area contributed by atoms with Gasteiger partial charge in [0, 0.05) is 24.7 Å². The van der Waals surface area contributed by atoms with Crippen LogP contribution in [0, 0.1) is 0 Å². The zero-order valence-electron chi connectivity index (χ0n) is 12.9. The van der Waals surface area contributed by atoms with Crippen molar-refractivity contribution in [2.75, 3.05) is 6.61 Å². The Balaban J connectivity index is 1.77. The van der Waals surface area contributed by atoms with Gasteiger partial charge in [-0.25, -0.2) is 0 Å². The second-order valence-corrected chi connectivity index (χ2v) is 5.22. The number of ether oxygens (including phenoxy) is 1. The van der Waals surface area contributed by atoms with Crippen LogP contribution in [0.3, 0.4) is 0 Å². The largest absolute Gasteiger partial charge is 0.493 e. The molecular weight excluding hydrogens is 276 g/mol. The maximum atomic E-state index is 10.7. The second-order valence-electron chi connectivity index (χ2n) is 5.22. The quantitative estimate of drug-likeness (QED) is 0.815. The molecule has 0 fully saturated rings. The minimum absolute atomic E-state index is 0.276. The van der Waals surface area contributed by atoms with Gasteiger partial charge in [0.1, 0.15) is 5.75 Å². The van der Waals surface area contributed by atoms with Gasteiger partial charge in [-0.1, -0.05) is 25.1 Å². The standard InChI is InChI=1S/C18H22N2O2/c1-2-14-3-7-16(20-13-14)11-12-22-17-8-4-15(5-9-17)6-10-18(19)21/h3-5,7-9,13H,2,6,10-12H2,1H3,(H2,19,21). The molecule has 0 spiro atoms. The van der Waals surface area contributed by atoms with Crippen LogP contribution in [0.4, 0.5) is 0 Å². The van der Waals surface area contributed by atoms with Crippen LogP contribution in [0.5, 0.6) is 5.75 Å². The molecule has 0 atom stereocenters. The first-order chi connectivity index (χ1) is 10.7. The first-order valence-corrected chi connectivity index (χ1v) is 7.61. The maximum Gasteiger partial charge on any atom is 0.217 e. The summed E-state index contributed by atoms with van der Waals surface area (Å²) < 4.78 is 5.72. The molecular formula is C18H22N2O2. The van der Waals surface area contributed by atoms with E-state index in [9.17, 15) is 4.79 Å². The van der Waals surface area contributed by atoms with Gasteiger partial charge in [-0.3, -0.25) is 9.78 Å². The summed E-state index contributed by atoms with van der Waals surface area (Å²) in [4.78, 5) is 15.2. The van der Waals surface area contributed by atoms with Gasteiger partial charge in [-0.2, -0.15) is 0 Å². The van der Waals surface area contributed by atoms with E-state index < -0.39 is 0 Å². The number of nitrogens with zero attached hydrogens (tertiary/aromatic N) is 1. The molecule has 0 radical (unpaired) electrons. The van der Waals surface area contributed by atoms with Gasteiger partial charge in [0.05, 0.1) is 6.61 Å². The molecule has 1 aromatic carbocycles. The van der Waals surface area contributed by atoms with Gasteiger partial charge < -0.3 is 10.5 Å². The lowest BCUT2D eigenvalue weighted by Crippen LogP contribution is -2.11. The van der Waals surface area contributed by atoms with Crippen LogP contribution in [0.15, 0.2) is 42.6 Å². The lowest BCUT2D eigenvalue weighted by molar-refractivity contribution is -0.117. The van der Waals surface area contributed by atoms with Gasteiger partial charge >= 0.3 is 0 Å². The van der Waals surface area contributed by atoms with Gasteiger partial charge in [0.15, 0.2) is 0 Å². The fourth-order valence-corrected chi connectivity index (χ4v) is 2.11. The van der Waals surface area contributed by atoms with Gasteiger partial charge in [0.2, 0.25) is 5.91 Å². The summed E-state index contributed by atoms with van der Waals surface area (Å²) in [6, 6.07) is 11.9. The highest BCUT2D eigenvalue weighted by Crippen LogP contribution is 2.14. The monoisotopic (exact) mass is 298 g/mol. The Morgan fingerprint density at radius 3 is 2.41 bits per heavy atom. The number of rotatable bonds is 8. The summed E-state index contributed by atoms with van der Waals surface area (Å²) in [6.07, 6.45) is 4.76. The zero-order valence-corrected chi connectivity index (χ0v) is 12.9. The van der Waals surface area contributed by atoms with E-state index in [2.05, 4.69) is 24.0 Å². The smallest absolute Gasteiger partial charge is 0.217 e. The molecule has 0 aliphatic carbocycles. The average Bonchev–Trinajstić information content (AvgIpc) is 2.55. The highest BCUT2D eigenvalue weighted by molar-refractivity contribution is 5.74. The predicted octanol–water partition coefficient (Wildman–Crippen LogP) is 2.68. The number of aryl methyl sites for hydroxylation is 2. The Bertz CT molecular complexity index is 591. The average molecular weight is 298 g/mol. The van der Waals surface area contributed by atoms with Gasteiger partial charge in [-0.15, -0.1) is 0 Å². The van der Waals surface area contributed by atoms with Crippen LogP contribution in [0.2, 0.25) is 0 Å². The number of pyridine rings is 1. The van der Waals surface area contributed by atoms with Crippen molar-refractivity contribution >= 4 is 5.91 Å². The third-order valence-corrected chi connectivity index (χ3v) is 3.50. The number of amides is 1. The molecule has 4 heteroatoms. The van der Waals surface area contributed by atoms with E-state index in [1.165, 1.54) is 5.56 Å². The summed E-state index contributed by atoms with van der Waals surface area (Å²) >= 11 is 0. The molecule has 4 nitrogen and oxygen atoms in total. The zero-order chi connectivity index (χ0) is 15.8. The van der Waals surface area contributed by atoms with Crippen LogP contribution >= 0.6 is 0 Å². The van der Waals surface area contributed by atoms with E-state index in [0.717, 1.165) is 29.8 Å². The van der Waals surface area contributed by atoms with E-state index in [1.54, 1.807) is 0 Å². The Morgan fingerprint density at radius 1 is 1.09 bits per heavy atom. The minimum Gasteiger partial charge on any atom is -0.493 e. The van der Waals surface area contributed by atoms with Crippen molar-refractivity contribution in [2.24, 2.45) is 5.73 Å². The maximum absolute atomic E-state index is 10.7. The van der Waals surface area contributed by atoms with Crippen molar-refractivity contribution in [3.63, 3.8) is 0 Å². The first kappa shape index (κ1) is 16.0.